The van der Waals surface area contributed by atoms with Gasteiger partial charge in [0.1, 0.15) is 17.6 Å². The fourth-order valence-corrected chi connectivity index (χ4v) is 1.68. The van der Waals surface area contributed by atoms with Crippen LogP contribution in [0.4, 0.5) is 10.1 Å². The molecule has 90 valence electrons. The van der Waals surface area contributed by atoms with E-state index in [0.717, 1.165) is 0 Å². The number of nitrogen functional groups attached to an aromatic ring is 1. The van der Waals surface area contributed by atoms with E-state index in [4.69, 9.17) is 15.7 Å². The Morgan fingerprint density at radius 3 is 2.61 bits per heavy atom. The van der Waals surface area contributed by atoms with E-state index in [1.165, 1.54) is 13.2 Å². The summed E-state index contributed by atoms with van der Waals surface area (Å²) in [7, 11) is 1.52. The van der Waals surface area contributed by atoms with Gasteiger partial charge in [0.15, 0.2) is 0 Å². The van der Waals surface area contributed by atoms with Crippen molar-refractivity contribution >= 4 is 5.69 Å². The van der Waals surface area contributed by atoms with Gasteiger partial charge in [-0.05, 0) is 35.9 Å². The summed E-state index contributed by atoms with van der Waals surface area (Å²) in [5.41, 5.74) is 7.43. The lowest BCUT2D eigenvalue weighted by atomic mass is 10.0. The first-order valence-corrected chi connectivity index (χ1v) is 5.29. The van der Waals surface area contributed by atoms with Crippen LogP contribution in [0.25, 0.3) is 11.1 Å². The molecule has 0 unspecified atom stereocenters. The highest BCUT2D eigenvalue weighted by Gasteiger charge is 2.08. The number of benzene rings is 2. The molecular weight excluding hydrogens is 231 g/mol. The predicted octanol–water partition coefficient (Wildman–Crippen LogP) is 2.96. The van der Waals surface area contributed by atoms with Gasteiger partial charge >= 0.3 is 0 Å². The quantitative estimate of drug-likeness (QED) is 0.823. The average Bonchev–Trinajstić information content (AvgIpc) is 2.39. The molecule has 0 aliphatic heterocycles. The number of methoxy groups -OCH3 is 1. The molecule has 0 spiro atoms. The zero-order valence-corrected chi connectivity index (χ0v) is 9.77. The van der Waals surface area contributed by atoms with E-state index in [0.29, 0.717) is 28.1 Å². The molecule has 2 aromatic carbocycles. The van der Waals surface area contributed by atoms with E-state index in [1.807, 2.05) is 6.07 Å². The Kier molecular flexibility index (Phi) is 3.16. The minimum Gasteiger partial charge on any atom is -0.497 e. The Morgan fingerprint density at radius 1 is 1.22 bits per heavy atom. The van der Waals surface area contributed by atoms with Crippen LogP contribution in [0.2, 0.25) is 0 Å². The maximum Gasteiger partial charge on any atom is 0.131 e. The Labute approximate surface area is 104 Å². The van der Waals surface area contributed by atoms with Gasteiger partial charge in [-0.15, -0.1) is 0 Å². The van der Waals surface area contributed by atoms with Crippen molar-refractivity contribution < 1.29 is 9.13 Å². The molecule has 3 nitrogen and oxygen atoms in total. The van der Waals surface area contributed by atoms with Crippen LogP contribution in [0.3, 0.4) is 0 Å². The van der Waals surface area contributed by atoms with Gasteiger partial charge < -0.3 is 10.5 Å². The minimum atomic E-state index is -0.361. The summed E-state index contributed by atoms with van der Waals surface area (Å²) < 4.78 is 18.8. The van der Waals surface area contributed by atoms with Crippen molar-refractivity contribution in [3.8, 4) is 22.9 Å². The number of rotatable bonds is 2. The van der Waals surface area contributed by atoms with Crippen molar-refractivity contribution in [2.75, 3.05) is 12.8 Å². The maximum atomic E-state index is 13.7. The van der Waals surface area contributed by atoms with Crippen LogP contribution in [0.5, 0.6) is 5.75 Å². The van der Waals surface area contributed by atoms with E-state index in [2.05, 4.69) is 0 Å². The summed E-state index contributed by atoms with van der Waals surface area (Å²) in [5.74, 6) is 0.203. The first-order chi connectivity index (χ1) is 8.65. The van der Waals surface area contributed by atoms with Crippen LogP contribution >= 0.6 is 0 Å². The fraction of sp³-hybridized carbons (Fsp3) is 0.0714. The SMILES string of the molecule is COc1ccc(F)c(-c2ccc(C#N)c(N)c2)c1. The zero-order valence-electron chi connectivity index (χ0n) is 9.77. The summed E-state index contributed by atoms with van der Waals surface area (Å²) in [6, 6.07) is 11.3. The number of nitriles is 1. The highest BCUT2D eigenvalue weighted by Crippen LogP contribution is 2.29. The van der Waals surface area contributed by atoms with Crippen molar-refractivity contribution in [1.82, 2.24) is 0 Å². The summed E-state index contributed by atoms with van der Waals surface area (Å²) in [6.07, 6.45) is 0. The van der Waals surface area contributed by atoms with Gasteiger partial charge in [-0.2, -0.15) is 5.26 Å². The van der Waals surface area contributed by atoms with E-state index in [9.17, 15) is 4.39 Å². The van der Waals surface area contributed by atoms with Crippen molar-refractivity contribution in [1.29, 1.82) is 5.26 Å². The largest absolute Gasteiger partial charge is 0.497 e. The molecule has 0 heterocycles. The van der Waals surface area contributed by atoms with Crippen molar-refractivity contribution in [2.24, 2.45) is 0 Å². The Balaban J connectivity index is 2.55. The van der Waals surface area contributed by atoms with E-state index >= 15 is 0 Å². The first kappa shape index (κ1) is 11.9. The zero-order chi connectivity index (χ0) is 13.1. The van der Waals surface area contributed by atoms with Gasteiger partial charge in [0, 0.05) is 5.56 Å². The third-order valence-electron chi connectivity index (χ3n) is 2.66. The molecule has 0 aromatic heterocycles. The second kappa shape index (κ2) is 4.76. The van der Waals surface area contributed by atoms with Crippen molar-refractivity contribution in [3.63, 3.8) is 0 Å². The number of ether oxygens (including phenoxy) is 1. The number of anilines is 1. The lowest BCUT2D eigenvalue weighted by Crippen LogP contribution is -1.93. The summed E-state index contributed by atoms with van der Waals surface area (Å²) >= 11 is 0. The lowest BCUT2D eigenvalue weighted by molar-refractivity contribution is 0.414. The van der Waals surface area contributed by atoms with Crippen molar-refractivity contribution in [3.05, 3.63) is 47.8 Å². The van der Waals surface area contributed by atoms with Crippen LogP contribution in [0, 0.1) is 17.1 Å². The number of hydrogen-bond acceptors (Lipinski definition) is 3. The van der Waals surface area contributed by atoms with Gasteiger partial charge in [-0.25, -0.2) is 4.39 Å². The van der Waals surface area contributed by atoms with Crippen LogP contribution in [0.15, 0.2) is 36.4 Å². The smallest absolute Gasteiger partial charge is 0.131 e. The van der Waals surface area contributed by atoms with Crippen molar-refractivity contribution in [2.45, 2.75) is 0 Å². The average molecular weight is 242 g/mol. The van der Waals surface area contributed by atoms with Crippen LogP contribution in [-0.4, -0.2) is 7.11 Å². The maximum absolute atomic E-state index is 13.7. The molecule has 0 fully saturated rings. The summed E-state index contributed by atoms with van der Waals surface area (Å²) in [5, 5.41) is 8.79. The summed E-state index contributed by atoms with van der Waals surface area (Å²) in [6.45, 7) is 0. The van der Waals surface area contributed by atoms with Crippen LogP contribution in [-0.2, 0) is 0 Å². The fourth-order valence-electron chi connectivity index (χ4n) is 1.68. The molecule has 2 rings (SSSR count). The molecule has 2 aromatic rings. The lowest BCUT2D eigenvalue weighted by Gasteiger charge is -2.07. The molecule has 0 aliphatic rings. The molecule has 2 N–H and O–H groups in total. The van der Waals surface area contributed by atoms with Gasteiger partial charge in [0.25, 0.3) is 0 Å². The van der Waals surface area contributed by atoms with Gasteiger partial charge in [0.05, 0.1) is 18.4 Å². The Hall–Kier alpha value is -2.54. The second-order valence-electron chi connectivity index (χ2n) is 3.76. The van der Waals surface area contributed by atoms with Gasteiger partial charge in [-0.1, -0.05) is 6.07 Å². The minimum absolute atomic E-state index is 0.331. The van der Waals surface area contributed by atoms with Gasteiger partial charge in [0.2, 0.25) is 0 Å². The van der Waals surface area contributed by atoms with Gasteiger partial charge in [-0.3, -0.25) is 0 Å². The summed E-state index contributed by atoms with van der Waals surface area (Å²) in [4.78, 5) is 0. The first-order valence-electron chi connectivity index (χ1n) is 5.29. The van der Waals surface area contributed by atoms with E-state index in [1.54, 1.807) is 30.3 Å². The monoisotopic (exact) mass is 242 g/mol. The molecule has 0 saturated heterocycles. The molecule has 4 heteroatoms. The van der Waals surface area contributed by atoms with Crippen LogP contribution in [0.1, 0.15) is 5.56 Å². The standard InChI is InChI=1S/C14H11FN2O/c1-18-11-4-5-13(15)12(7-11)9-2-3-10(8-16)14(17)6-9/h2-7H,17H2,1H3. The topological polar surface area (TPSA) is 59.0 Å². The molecule has 0 atom stereocenters. The number of nitrogens with two attached hydrogens (primary N) is 1. The normalized spacial score (nSPS) is 9.83. The molecule has 0 bridgehead atoms. The Bertz CT molecular complexity index is 632. The second-order valence-corrected chi connectivity index (χ2v) is 3.76. The van der Waals surface area contributed by atoms with E-state index in [-0.39, 0.29) is 5.82 Å². The highest BCUT2D eigenvalue weighted by molar-refractivity contribution is 5.72. The molecule has 0 aliphatic carbocycles. The Morgan fingerprint density at radius 2 is 2.00 bits per heavy atom. The molecular formula is C14H11FN2O. The third-order valence-corrected chi connectivity index (χ3v) is 2.66. The molecule has 18 heavy (non-hydrogen) atoms. The number of halogens is 1. The highest BCUT2D eigenvalue weighted by atomic mass is 19.1. The molecule has 0 radical (unpaired) electrons. The van der Waals surface area contributed by atoms with Crippen LogP contribution < -0.4 is 10.5 Å². The number of nitrogens with zero attached hydrogens (tertiary/aromatic N) is 1. The van der Waals surface area contributed by atoms with E-state index < -0.39 is 0 Å². The number of hydrogen-bond donors (Lipinski definition) is 1. The molecule has 0 amide bonds. The third kappa shape index (κ3) is 2.11. The molecule has 0 saturated carbocycles. The predicted molar refractivity (Wildman–Crippen MR) is 67.5 cm³/mol.